The van der Waals surface area contributed by atoms with Crippen molar-refractivity contribution in [2.45, 2.75) is 38.4 Å². The zero-order valence-corrected chi connectivity index (χ0v) is 10.8. The fourth-order valence-electron chi connectivity index (χ4n) is 3.41. The molecule has 2 fully saturated rings. The monoisotopic (exact) mass is 248 g/mol. The molecule has 1 aromatic carbocycles. The van der Waals surface area contributed by atoms with E-state index in [0.29, 0.717) is 6.10 Å². The second-order valence-electron chi connectivity index (χ2n) is 5.47. The molecule has 3 heteroatoms. The Labute approximate surface area is 108 Å². The second kappa shape index (κ2) is 4.81. The van der Waals surface area contributed by atoms with Crippen LogP contribution in [0.4, 0.5) is 0 Å². The lowest BCUT2D eigenvalue weighted by atomic mass is 9.97. The standard InChI is InChI=1S/C15H20O3/c1-17-13-5-3-11(9-16)8-15(13)18-14-7-10-2-4-12(14)6-10/h3,5,8,10,12,14,16H,2,4,6-7,9H2,1H3. The van der Waals surface area contributed by atoms with Gasteiger partial charge in [-0.25, -0.2) is 0 Å². The normalized spacial score (nSPS) is 29.6. The van der Waals surface area contributed by atoms with Gasteiger partial charge in [-0.15, -0.1) is 0 Å². The van der Waals surface area contributed by atoms with E-state index in [1.54, 1.807) is 7.11 Å². The van der Waals surface area contributed by atoms with Gasteiger partial charge in [-0.3, -0.25) is 0 Å². The van der Waals surface area contributed by atoms with Crippen molar-refractivity contribution in [3.05, 3.63) is 23.8 Å². The van der Waals surface area contributed by atoms with Gasteiger partial charge in [-0.05, 0) is 55.2 Å². The van der Waals surface area contributed by atoms with E-state index in [9.17, 15) is 5.11 Å². The van der Waals surface area contributed by atoms with Gasteiger partial charge in [0, 0.05) is 0 Å². The van der Waals surface area contributed by atoms with Crippen LogP contribution >= 0.6 is 0 Å². The minimum absolute atomic E-state index is 0.0388. The van der Waals surface area contributed by atoms with Crippen LogP contribution in [0.1, 0.15) is 31.2 Å². The third-order valence-electron chi connectivity index (χ3n) is 4.36. The summed E-state index contributed by atoms with van der Waals surface area (Å²) in [4.78, 5) is 0. The van der Waals surface area contributed by atoms with Crippen molar-refractivity contribution in [3.63, 3.8) is 0 Å². The molecule has 0 aliphatic heterocycles. The Morgan fingerprint density at radius 1 is 1.22 bits per heavy atom. The van der Waals surface area contributed by atoms with Crippen LogP contribution in [0.5, 0.6) is 11.5 Å². The minimum Gasteiger partial charge on any atom is -0.493 e. The van der Waals surface area contributed by atoms with Gasteiger partial charge >= 0.3 is 0 Å². The molecule has 0 aromatic heterocycles. The van der Waals surface area contributed by atoms with Crippen molar-refractivity contribution in [1.29, 1.82) is 0 Å². The molecule has 2 bridgehead atoms. The summed E-state index contributed by atoms with van der Waals surface area (Å²) in [5.74, 6) is 3.13. The lowest BCUT2D eigenvalue weighted by Gasteiger charge is -2.24. The molecular formula is C15H20O3. The maximum absolute atomic E-state index is 9.20. The van der Waals surface area contributed by atoms with E-state index < -0.39 is 0 Å². The first-order valence-corrected chi connectivity index (χ1v) is 6.74. The van der Waals surface area contributed by atoms with Gasteiger partial charge in [0.2, 0.25) is 0 Å². The average molecular weight is 248 g/mol. The van der Waals surface area contributed by atoms with Gasteiger partial charge in [0.25, 0.3) is 0 Å². The lowest BCUT2D eigenvalue weighted by Crippen LogP contribution is -2.23. The molecule has 1 N–H and O–H groups in total. The number of aliphatic hydroxyl groups excluding tert-OH is 1. The molecule has 98 valence electrons. The van der Waals surface area contributed by atoms with Gasteiger partial charge in [0.1, 0.15) is 6.10 Å². The van der Waals surface area contributed by atoms with Crippen molar-refractivity contribution in [1.82, 2.24) is 0 Å². The number of fused-ring (bicyclic) bond motifs is 2. The van der Waals surface area contributed by atoms with E-state index in [1.165, 1.54) is 25.7 Å². The third kappa shape index (κ3) is 2.07. The molecule has 2 aliphatic carbocycles. The zero-order chi connectivity index (χ0) is 12.5. The predicted octanol–water partition coefficient (Wildman–Crippen LogP) is 2.75. The maximum Gasteiger partial charge on any atom is 0.161 e. The van der Waals surface area contributed by atoms with E-state index in [0.717, 1.165) is 28.9 Å². The largest absolute Gasteiger partial charge is 0.493 e. The SMILES string of the molecule is COc1ccc(CO)cc1OC1CC2CCC1C2. The molecule has 18 heavy (non-hydrogen) atoms. The van der Waals surface area contributed by atoms with Crippen LogP contribution in [0.25, 0.3) is 0 Å². The van der Waals surface area contributed by atoms with E-state index in [-0.39, 0.29) is 6.61 Å². The van der Waals surface area contributed by atoms with Crippen LogP contribution in [-0.2, 0) is 6.61 Å². The Bertz CT molecular complexity index is 430. The summed E-state index contributed by atoms with van der Waals surface area (Å²) >= 11 is 0. The Balaban J connectivity index is 1.78. The number of benzene rings is 1. The zero-order valence-electron chi connectivity index (χ0n) is 10.8. The number of ether oxygens (including phenoxy) is 2. The summed E-state index contributed by atoms with van der Waals surface area (Å²) in [5.41, 5.74) is 0.869. The molecule has 0 amide bonds. The first kappa shape index (κ1) is 11.8. The third-order valence-corrected chi connectivity index (χ3v) is 4.36. The van der Waals surface area contributed by atoms with Crippen molar-refractivity contribution in [2.75, 3.05) is 7.11 Å². The highest BCUT2D eigenvalue weighted by atomic mass is 16.5. The van der Waals surface area contributed by atoms with Crippen LogP contribution in [0, 0.1) is 11.8 Å². The number of hydrogen-bond acceptors (Lipinski definition) is 3. The fraction of sp³-hybridized carbons (Fsp3) is 0.600. The number of aliphatic hydroxyl groups is 1. The summed E-state index contributed by atoms with van der Waals surface area (Å²) in [6.45, 7) is 0.0388. The molecule has 2 saturated carbocycles. The molecule has 3 nitrogen and oxygen atoms in total. The van der Waals surface area contributed by atoms with Crippen molar-refractivity contribution in [2.24, 2.45) is 11.8 Å². The highest BCUT2D eigenvalue weighted by Crippen LogP contribution is 2.46. The fourth-order valence-corrected chi connectivity index (χ4v) is 3.41. The molecule has 3 atom stereocenters. The van der Waals surface area contributed by atoms with E-state index >= 15 is 0 Å². The van der Waals surface area contributed by atoms with Gasteiger partial charge < -0.3 is 14.6 Å². The summed E-state index contributed by atoms with van der Waals surface area (Å²) in [5, 5.41) is 9.20. The quantitative estimate of drug-likeness (QED) is 0.890. The Morgan fingerprint density at radius 3 is 2.72 bits per heavy atom. The average Bonchev–Trinajstić information content (AvgIpc) is 3.01. The van der Waals surface area contributed by atoms with E-state index in [1.807, 2.05) is 18.2 Å². The van der Waals surface area contributed by atoms with Crippen molar-refractivity contribution < 1.29 is 14.6 Å². The molecule has 0 heterocycles. The topological polar surface area (TPSA) is 38.7 Å². The van der Waals surface area contributed by atoms with Crippen LogP contribution in [0.15, 0.2) is 18.2 Å². The molecule has 0 spiro atoms. The van der Waals surface area contributed by atoms with Gasteiger partial charge in [0.15, 0.2) is 11.5 Å². The van der Waals surface area contributed by atoms with E-state index in [2.05, 4.69) is 0 Å². The molecular weight excluding hydrogens is 228 g/mol. The van der Waals surface area contributed by atoms with Gasteiger partial charge in [-0.1, -0.05) is 6.07 Å². The summed E-state index contributed by atoms with van der Waals surface area (Å²) < 4.78 is 11.5. The number of rotatable bonds is 4. The van der Waals surface area contributed by atoms with Crippen LogP contribution in [-0.4, -0.2) is 18.3 Å². The van der Waals surface area contributed by atoms with E-state index in [4.69, 9.17) is 9.47 Å². The molecule has 3 unspecified atom stereocenters. The van der Waals surface area contributed by atoms with Gasteiger partial charge in [-0.2, -0.15) is 0 Å². The molecule has 0 radical (unpaired) electrons. The van der Waals surface area contributed by atoms with Crippen LogP contribution < -0.4 is 9.47 Å². The molecule has 0 saturated heterocycles. The Kier molecular flexibility index (Phi) is 3.16. The first-order chi connectivity index (χ1) is 8.80. The second-order valence-corrected chi connectivity index (χ2v) is 5.47. The van der Waals surface area contributed by atoms with Crippen molar-refractivity contribution >= 4 is 0 Å². The maximum atomic E-state index is 9.20. The first-order valence-electron chi connectivity index (χ1n) is 6.74. The van der Waals surface area contributed by atoms with Crippen LogP contribution in [0.3, 0.4) is 0 Å². The Morgan fingerprint density at radius 2 is 2.11 bits per heavy atom. The molecule has 2 aliphatic rings. The minimum atomic E-state index is 0.0388. The Hall–Kier alpha value is -1.22. The summed E-state index contributed by atoms with van der Waals surface area (Å²) in [6.07, 6.45) is 5.52. The van der Waals surface area contributed by atoms with Crippen molar-refractivity contribution in [3.8, 4) is 11.5 Å². The number of methoxy groups -OCH3 is 1. The number of hydrogen-bond donors (Lipinski definition) is 1. The highest BCUT2D eigenvalue weighted by molar-refractivity contribution is 5.43. The predicted molar refractivity (Wildman–Crippen MR) is 68.8 cm³/mol. The van der Waals surface area contributed by atoms with Gasteiger partial charge in [0.05, 0.1) is 13.7 Å². The van der Waals surface area contributed by atoms with Crippen LogP contribution in [0.2, 0.25) is 0 Å². The molecule has 3 rings (SSSR count). The molecule has 1 aromatic rings. The smallest absolute Gasteiger partial charge is 0.161 e. The summed E-state index contributed by atoms with van der Waals surface area (Å²) in [6, 6.07) is 5.63. The lowest BCUT2D eigenvalue weighted by molar-refractivity contribution is 0.133. The summed E-state index contributed by atoms with van der Waals surface area (Å²) in [7, 11) is 1.65. The highest BCUT2D eigenvalue weighted by Gasteiger charge is 2.41.